The van der Waals surface area contributed by atoms with E-state index in [0.717, 1.165) is 11.6 Å². The molecule has 0 bridgehead atoms. The fraction of sp³-hybridized carbons (Fsp3) is 0.0769. The highest BCUT2D eigenvalue weighted by Gasteiger charge is 2.12. The summed E-state index contributed by atoms with van der Waals surface area (Å²) in [6.07, 6.45) is 0. The molecule has 5 heteroatoms. The monoisotopic (exact) mass is 332 g/mol. The molecule has 0 radical (unpaired) electrons. The van der Waals surface area contributed by atoms with Gasteiger partial charge in [0.1, 0.15) is 5.75 Å². The molecule has 1 nitrogen and oxygen atoms in total. The van der Waals surface area contributed by atoms with E-state index < -0.39 is 11.6 Å². The molecule has 0 N–H and O–H groups in total. The van der Waals surface area contributed by atoms with Crippen molar-refractivity contribution in [1.29, 1.82) is 0 Å². The molecular formula is C13H8BrClF2O. The maximum atomic E-state index is 13.5. The van der Waals surface area contributed by atoms with Crippen LogP contribution in [-0.2, 0) is 5.88 Å². The minimum absolute atomic E-state index is 0.166. The van der Waals surface area contributed by atoms with E-state index in [1.807, 2.05) is 0 Å². The fourth-order valence-corrected chi connectivity index (χ4v) is 1.97. The van der Waals surface area contributed by atoms with Gasteiger partial charge in [-0.2, -0.15) is 4.39 Å². The Balaban J connectivity index is 2.27. The van der Waals surface area contributed by atoms with Gasteiger partial charge in [0.2, 0.25) is 5.82 Å². The zero-order valence-electron chi connectivity index (χ0n) is 9.09. The van der Waals surface area contributed by atoms with E-state index in [0.29, 0.717) is 16.1 Å². The topological polar surface area (TPSA) is 9.23 Å². The quantitative estimate of drug-likeness (QED) is 0.550. The molecule has 2 rings (SSSR count). The standard InChI is InChI=1S/C13H8BrClF2O/c14-9-5-11(16)13(17)12(6-9)18-10-3-1-8(7-15)2-4-10/h1-6H,7H2. The van der Waals surface area contributed by atoms with Crippen molar-refractivity contribution in [3.8, 4) is 11.5 Å². The number of benzene rings is 2. The highest BCUT2D eigenvalue weighted by Crippen LogP contribution is 2.29. The molecule has 0 saturated carbocycles. The van der Waals surface area contributed by atoms with Gasteiger partial charge in [0.25, 0.3) is 0 Å². The van der Waals surface area contributed by atoms with Crippen LogP contribution in [0.4, 0.5) is 8.78 Å². The van der Waals surface area contributed by atoms with Crippen LogP contribution in [0.1, 0.15) is 5.56 Å². The van der Waals surface area contributed by atoms with Crippen molar-refractivity contribution in [2.45, 2.75) is 5.88 Å². The van der Waals surface area contributed by atoms with Crippen molar-refractivity contribution in [1.82, 2.24) is 0 Å². The van der Waals surface area contributed by atoms with Crippen LogP contribution in [0.5, 0.6) is 11.5 Å². The Morgan fingerprint density at radius 2 is 1.78 bits per heavy atom. The highest BCUT2D eigenvalue weighted by atomic mass is 79.9. The van der Waals surface area contributed by atoms with Crippen LogP contribution in [0.3, 0.4) is 0 Å². The summed E-state index contributed by atoms with van der Waals surface area (Å²) < 4.78 is 32.3. The van der Waals surface area contributed by atoms with Crippen molar-refractivity contribution in [2.24, 2.45) is 0 Å². The molecular weight excluding hydrogens is 325 g/mol. The zero-order valence-corrected chi connectivity index (χ0v) is 11.4. The zero-order chi connectivity index (χ0) is 13.1. The van der Waals surface area contributed by atoms with E-state index in [1.54, 1.807) is 24.3 Å². The van der Waals surface area contributed by atoms with E-state index in [-0.39, 0.29) is 5.75 Å². The van der Waals surface area contributed by atoms with E-state index in [9.17, 15) is 8.78 Å². The summed E-state index contributed by atoms with van der Waals surface area (Å²) in [6.45, 7) is 0. The van der Waals surface area contributed by atoms with Crippen molar-refractivity contribution in [3.63, 3.8) is 0 Å². The van der Waals surface area contributed by atoms with Gasteiger partial charge in [-0.1, -0.05) is 28.1 Å². The summed E-state index contributed by atoms with van der Waals surface area (Å²) in [5, 5.41) is 0. The Kier molecular flexibility index (Phi) is 4.19. The molecule has 2 aromatic carbocycles. The first-order valence-electron chi connectivity index (χ1n) is 5.07. The van der Waals surface area contributed by atoms with Crippen LogP contribution in [0, 0.1) is 11.6 Å². The van der Waals surface area contributed by atoms with Gasteiger partial charge in [-0.05, 0) is 29.8 Å². The summed E-state index contributed by atoms with van der Waals surface area (Å²) >= 11 is 8.73. The van der Waals surface area contributed by atoms with Crippen LogP contribution in [0.15, 0.2) is 40.9 Å². The predicted molar refractivity (Wildman–Crippen MR) is 70.1 cm³/mol. The molecule has 94 valence electrons. The number of hydrogen-bond donors (Lipinski definition) is 0. The molecule has 0 aliphatic rings. The van der Waals surface area contributed by atoms with Crippen molar-refractivity contribution in [2.75, 3.05) is 0 Å². The van der Waals surface area contributed by atoms with Crippen LogP contribution in [-0.4, -0.2) is 0 Å². The minimum atomic E-state index is -1.01. The average molecular weight is 334 g/mol. The molecule has 0 saturated heterocycles. The first-order valence-corrected chi connectivity index (χ1v) is 6.40. The maximum absolute atomic E-state index is 13.5. The molecule has 0 spiro atoms. The second-order valence-corrected chi connectivity index (χ2v) is 4.76. The van der Waals surface area contributed by atoms with E-state index >= 15 is 0 Å². The number of alkyl halides is 1. The molecule has 0 aromatic heterocycles. The van der Waals surface area contributed by atoms with Crippen molar-refractivity contribution in [3.05, 3.63) is 58.1 Å². The van der Waals surface area contributed by atoms with Gasteiger partial charge >= 0.3 is 0 Å². The number of hydrogen-bond acceptors (Lipinski definition) is 1. The second-order valence-electron chi connectivity index (χ2n) is 3.58. The SMILES string of the molecule is Fc1cc(Br)cc(Oc2ccc(CCl)cc2)c1F. The Morgan fingerprint density at radius 1 is 1.11 bits per heavy atom. The third kappa shape index (κ3) is 3.00. The molecule has 0 atom stereocenters. The maximum Gasteiger partial charge on any atom is 0.201 e. The molecule has 0 fully saturated rings. The molecule has 0 amide bonds. The lowest BCUT2D eigenvalue weighted by Gasteiger charge is -2.08. The van der Waals surface area contributed by atoms with Crippen LogP contribution in [0.2, 0.25) is 0 Å². The average Bonchev–Trinajstić information content (AvgIpc) is 2.36. The summed E-state index contributed by atoms with van der Waals surface area (Å²) in [5.74, 6) is -1.34. The van der Waals surface area contributed by atoms with E-state index in [2.05, 4.69) is 15.9 Å². The molecule has 0 aliphatic heterocycles. The smallest absolute Gasteiger partial charge is 0.201 e. The number of ether oxygens (including phenoxy) is 1. The normalized spacial score (nSPS) is 10.4. The molecule has 18 heavy (non-hydrogen) atoms. The molecule has 2 aromatic rings. The van der Waals surface area contributed by atoms with E-state index in [1.165, 1.54) is 6.07 Å². The molecule has 0 aliphatic carbocycles. The van der Waals surface area contributed by atoms with Crippen LogP contribution >= 0.6 is 27.5 Å². The van der Waals surface area contributed by atoms with Gasteiger partial charge in [0.15, 0.2) is 11.6 Å². The third-order valence-corrected chi connectivity index (χ3v) is 3.03. The predicted octanol–water partition coefficient (Wildman–Crippen LogP) is 5.26. The summed E-state index contributed by atoms with van der Waals surface area (Å²) in [5.41, 5.74) is 0.921. The Labute approximate surface area is 116 Å². The lowest BCUT2D eigenvalue weighted by Crippen LogP contribution is -1.92. The third-order valence-electron chi connectivity index (χ3n) is 2.27. The van der Waals surface area contributed by atoms with Gasteiger partial charge in [0.05, 0.1) is 0 Å². The number of halogens is 4. The van der Waals surface area contributed by atoms with Crippen LogP contribution in [0.25, 0.3) is 0 Å². The molecule has 0 heterocycles. The van der Waals surface area contributed by atoms with Gasteiger partial charge in [0, 0.05) is 10.4 Å². The van der Waals surface area contributed by atoms with E-state index in [4.69, 9.17) is 16.3 Å². The lowest BCUT2D eigenvalue weighted by atomic mass is 10.2. The van der Waals surface area contributed by atoms with Crippen LogP contribution < -0.4 is 4.74 Å². The molecule has 0 unspecified atom stereocenters. The van der Waals surface area contributed by atoms with Gasteiger partial charge in [-0.3, -0.25) is 0 Å². The van der Waals surface area contributed by atoms with Gasteiger partial charge in [-0.25, -0.2) is 4.39 Å². The van der Waals surface area contributed by atoms with Gasteiger partial charge < -0.3 is 4.74 Å². The highest BCUT2D eigenvalue weighted by molar-refractivity contribution is 9.10. The number of rotatable bonds is 3. The first kappa shape index (κ1) is 13.3. The summed E-state index contributed by atoms with van der Waals surface area (Å²) in [4.78, 5) is 0. The summed E-state index contributed by atoms with van der Waals surface area (Å²) in [7, 11) is 0. The summed E-state index contributed by atoms with van der Waals surface area (Å²) in [6, 6.07) is 9.22. The largest absolute Gasteiger partial charge is 0.454 e. The Hall–Kier alpha value is -1.13. The first-order chi connectivity index (χ1) is 8.60. The lowest BCUT2D eigenvalue weighted by molar-refractivity contribution is 0.415. The Morgan fingerprint density at radius 3 is 2.39 bits per heavy atom. The Bertz CT molecular complexity index is 558. The minimum Gasteiger partial charge on any atom is -0.454 e. The van der Waals surface area contributed by atoms with Gasteiger partial charge in [-0.15, -0.1) is 11.6 Å². The van der Waals surface area contributed by atoms with Crippen molar-refractivity contribution >= 4 is 27.5 Å². The second kappa shape index (κ2) is 5.67. The fourth-order valence-electron chi connectivity index (χ4n) is 1.38. The van der Waals surface area contributed by atoms with Crippen molar-refractivity contribution < 1.29 is 13.5 Å².